The topological polar surface area (TPSA) is 82.8 Å². The molecule has 3 heterocycles. The van der Waals surface area contributed by atoms with Gasteiger partial charge in [0.25, 0.3) is 0 Å². The van der Waals surface area contributed by atoms with Crippen LogP contribution >= 0.6 is 0 Å². The second kappa shape index (κ2) is 7.37. The predicted octanol–water partition coefficient (Wildman–Crippen LogP) is 4.18. The van der Waals surface area contributed by atoms with Crippen molar-refractivity contribution in [2.75, 3.05) is 14.2 Å². The third-order valence-corrected chi connectivity index (χ3v) is 5.51. The van der Waals surface area contributed by atoms with Crippen molar-refractivity contribution in [3.05, 3.63) is 43.1 Å². The highest BCUT2D eigenvalue weighted by molar-refractivity contribution is 5.95. The molecule has 0 bridgehead atoms. The summed E-state index contributed by atoms with van der Waals surface area (Å²) < 4.78 is 15.6. The van der Waals surface area contributed by atoms with E-state index < -0.39 is 0 Å². The molecule has 1 saturated carbocycles. The van der Waals surface area contributed by atoms with Gasteiger partial charge >= 0.3 is 0 Å². The molecule has 4 aromatic rings. The van der Waals surface area contributed by atoms with Crippen molar-refractivity contribution in [1.29, 1.82) is 0 Å². The van der Waals surface area contributed by atoms with Crippen LogP contribution < -0.4 is 9.47 Å². The second-order valence-electron chi connectivity index (χ2n) is 7.41. The summed E-state index contributed by atoms with van der Waals surface area (Å²) in [6.45, 7) is 2.76. The van der Waals surface area contributed by atoms with Crippen molar-refractivity contribution in [3.63, 3.8) is 0 Å². The van der Waals surface area contributed by atoms with Crippen LogP contribution in [0.15, 0.2) is 43.1 Å². The van der Waals surface area contributed by atoms with Crippen molar-refractivity contribution in [2.45, 2.75) is 32.4 Å². The van der Waals surface area contributed by atoms with Gasteiger partial charge in [-0.3, -0.25) is 9.36 Å². The van der Waals surface area contributed by atoms with E-state index in [1.165, 1.54) is 12.8 Å². The number of ether oxygens (including phenoxy) is 2. The summed E-state index contributed by atoms with van der Waals surface area (Å²) in [4.78, 5) is 3.14. The fraction of sp³-hybridized carbons (Fsp3) is 0.318. The summed E-state index contributed by atoms with van der Waals surface area (Å²) in [6, 6.07) is 4.58. The highest BCUT2D eigenvalue weighted by atomic mass is 16.5. The maximum atomic E-state index is 5.99. The number of hydrogen-bond donors (Lipinski definition) is 1. The van der Waals surface area contributed by atoms with Crippen LogP contribution in [0.25, 0.3) is 33.5 Å². The van der Waals surface area contributed by atoms with Gasteiger partial charge in [-0.15, -0.1) is 5.10 Å². The molecular formula is C22H24N6O2. The lowest BCUT2D eigenvalue weighted by Crippen LogP contribution is -1.99. The van der Waals surface area contributed by atoms with Crippen molar-refractivity contribution in [2.24, 2.45) is 0 Å². The van der Waals surface area contributed by atoms with E-state index in [0.29, 0.717) is 23.2 Å². The molecule has 0 spiro atoms. The van der Waals surface area contributed by atoms with Crippen molar-refractivity contribution in [1.82, 2.24) is 29.8 Å². The number of aromatic amines is 1. The van der Waals surface area contributed by atoms with Gasteiger partial charge in [-0.1, -0.05) is 5.21 Å². The van der Waals surface area contributed by atoms with Crippen LogP contribution in [0.2, 0.25) is 0 Å². The highest BCUT2D eigenvalue weighted by Gasteiger charge is 2.28. The molecule has 0 atom stereocenters. The number of nitrogens with zero attached hydrogens (tertiary/aromatic N) is 5. The fourth-order valence-electron chi connectivity index (χ4n) is 3.82. The molecule has 154 valence electrons. The number of H-pyrrole nitrogens is 1. The molecule has 30 heavy (non-hydrogen) atoms. The second-order valence-corrected chi connectivity index (χ2v) is 7.41. The lowest BCUT2D eigenvalue weighted by Gasteiger charge is -2.19. The number of aromatic nitrogens is 6. The van der Waals surface area contributed by atoms with Crippen molar-refractivity contribution >= 4 is 0 Å². The zero-order valence-corrected chi connectivity index (χ0v) is 17.3. The van der Waals surface area contributed by atoms with E-state index in [9.17, 15) is 0 Å². The molecule has 1 aliphatic carbocycles. The van der Waals surface area contributed by atoms with Crippen molar-refractivity contribution < 1.29 is 9.47 Å². The Bertz CT molecular complexity index is 1170. The Labute approximate surface area is 174 Å². The van der Waals surface area contributed by atoms with Gasteiger partial charge in [-0.05, 0) is 43.0 Å². The normalized spacial score (nSPS) is 13.6. The number of methoxy groups -OCH3 is 2. The zero-order chi connectivity index (χ0) is 20.7. The zero-order valence-electron chi connectivity index (χ0n) is 17.3. The van der Waals surface area contributed by atoms with E-state index in [0.717, 1.165) is 34.4 Å². The van der Waals surface area contributed by atoms with E-state index in [1.54, 1.807) is 18.9 Å². The van der Waals surface area contributed by atoms with E-state index in [4.69, 9.17) is 9.47 Å². The average Bonchev–Trinajstić information content (AvgIpc) is 3.21. The van der Waals surface area contributed by atoms with Crippen LogP contribution in [0.4, 0.5) is 0 Å². The molecule has 8 heteroatoms. The van der Waals surface area contributed by atoms with E-state index in [2.05, 4.69) is 26.6 Å². The van der Waals surface area contributed by atoms with Crippen LogP contribution in [-0.4, -0.2) is 44.0 Å². The number of benzene rings is 1. The van der Waals surface area contributed by atoms with E-state index in [-0.39, 0.29) is 0 Å². The van der Waals surface area contributed by atoms with Crippen LogP contribution in [0.3, 0.4) is 0 Å². The molecule has 0 radical (unpaired) electrons. The van der Waals surface area contributed by atoms with E-state index in [1.807, 2.05) is 48.5 Å². The molecule has 0 unspecified atom stereocenters. The number of aryl methyl sites for hydroxylation is 1. The lowest BCUT2D eigenvalue weighted by molar-refractivity contribution is 0.398. The molecule has 1 aliphatic rings. The number of hydrogen-bond acceptors (Lipinski definition) is 5. The summed E-state index contributed by atoms with van der Waals surface area (Å²) in [5, 5.41) is 13.2. The summed E-state index contributed by atoms with van der Waals surface area (Å²) >= 11 is 0. The van der Waals surface area contributed by atoms with Crippen molar-refractivity contribution in [3.8, 4) is 45.0 Å². The van der Waals surface area contributed by atoms with E-state index >= 15 is 0 Å². The highest BCUT2D eigenvalue weighted by Crippen LogP contribution is 2.49. The number of rotatable bonds is 7. The Hall–Kier alpha value is -3.55. The summed E-state index contributed by atoms with van der Waals surface area (Å²) in [5.41, 5.74) is 5.51. The van der Waals surface area contributed by atoms with Gasteiger partial charge in [-0.25, -0.2) is 0 Å². The smallest absolute Gasteiger partial charge is 0.140 e. The Morgan fingerprint density at radius 1 is 1.13 bits per heavy atom. The Balaban J connectivity index is 1.79. The number of nitrogens with one attached hydrogen (secondary N) is 1. The van der Waals surface area contributed by atoms with Gasteiger partial charge < -0.3 is 14.5 Å². The van der Waals surface area contributed by atoms with Crippen LogP contribution in [0, 0.1) is 0 Å². The monoisotopic (exact) mass is 404 g/mol. The molecule has 0 amide bonds. The first-order valence-electron chi connectivity index (χ1n) is 10.1. The van der Waals surface area contributed by atoms with Crippen LogP contribution in [0.1, 0.15) is 25.8 Å². The fourth-order valence-corrected chi connectivity index (χ4v) is 3.82. The third kappa shape index (κ3) is 3.04. The Kier molecular flexibility index (Phi) is 4.54. The van der Waals surface area contributed by atoms with Gasteiger partial charge in [0.05, 0.1) is 38.2 Å². The maximum Gasteiger partial charge on any atom is 0.140 e. The average molecular weight is 404 g/mol. The minimum atomic E-state index is 0.502. The van der Waals surface area contributed by atoms with Gasteiger partial charge in [0, 0.05) is 36.3 Å². The minimum absolute atomic E-state index is 0.502. The van der Waals surface area contributed by atoms with Gasteiger partial charge in [0.2, 0.25) is 0 Å². The SMILES string of the molecule is CCn1cc(-c2c(OC)cc(-c3cc[nH]c3)c(-c3cnn(C4CC4)c3)c2OC)nn1. The standard InChI is InChI=1S/C22H24N6O2/c1-4-27-13-18(25-26-27)21-19(29-2)9-17(14-7-8-23-10-14)20(22(21)30-3)15-11-24-28(12-15)16-5-6-16/h7-13,16,23H,4-6H2,1-3H3. The first-order chi connectivity index (χ1) is 14.7. The molecule has 0 aliphatic heterocycles. The Morgan fingerprint density at radius 2 is 2.00 bits per heavy atom. The lowest BCUT2D eigenvalue weighted by atomic mass is 9.92. The molecule has 3 aromatic heterocycles. The van der Waals surface area contributed by atoms with Crippen LogP contribution in [-0.2, 0) is 6.54 Å². The molecule has 0 saturated heterocycles. The third-order valence-electron chi connectivity index (χ3n) is 5.51. The Morgan fingerprint density at radius 3 is 2.63 bits per heavy atom. The summed E-state index contributed by atoms with van der Waals surface area (Å²) in [5.74, 6) is 1.38. The summed E-state index contributed by atoms with van der Waals surface area (Å²) in [7, 11) is 3.34. The molecule has 1 aromatic carbocycles. The van der Waals surface area contributed by atoms with Gasteiger partial charge in [0.15, 0.2) is 0 Å². The van der Waals surface area contributed by atoms with Gasteiger partial charge in [0.1, 0.15) is 17.2 Å². The first-order valence-corrected chi connectivity index (χ1v) is 10.1. The molecular weight excluding hydrogens is 380 g/mol. The largest absolute Gasteiger partial charge is 0.496 e. The molecule has 5 rings (SSSR count). The maximum absolute atomic E-state index is 5.99. The quantitative estimate of drug-likeness (QED) is 0.500. The molecule has 1 N–H and O–H groups in total. The van der Waals surface area contributed by atoms with Crippen LogP contribution in [0.5, 0.6) is 11.5 Å². The summed E-state index contributed by atoms with van der Waals surface area (Å²) in [6.07, 6.45) is 12.2. The predicted molar refractivity (Wildman–Crippen MR) is 114 cm³/mol. The molecule has 1 fully saturated rings. The minimum Gasteiger partial charge on any atom is -0.496 e. The first kappa shape index (κ1) is 18.5. The molecule has 8 nitrogen and oxygen atoms in total. The van der Waals surface area contributed by atoms with Gasteiger partial charge in [-0.2, -0.15) is 5.10 Å².